The normalized spacial score (nSPS) is 16.5. The fraction of sp³-hybridized carbons (Fsp3) is 0.235. The lowest BCUT2D eigenvalue weighted by Gasteiger charge is -2.28. The molecule has 0 aliphatic carbocycles. The van der Waals surface area contributed by atoms with Crippen molar-refractivity contribution in [2.24, 2.45) is 15.8 Å². The molecule has 0 saturated carbocycles. The molecular weight excluding hydrogens is 372 g/mol. The molecule has 7 heteroatoms. The largest absolute Gasteiger partial charge is 0.465 e. The van der Waals surface area contributed by atoms with Gasteiger partial charge in [-0.1, -0.05) is 6.07 Å². The highest BCUT2D eigenvalue weighted by Gasteiger charge is 2.24. The van der Waals surface area contributed by atoms with Crippen molar-refractivity contribution < 1.29 is 9.53 Å². The summed E-state index contributed by atoms with van der Waals surface area (Å²) in [4.78, 5) is 16.4. The van der Waals surface area contributed by atoms with Gasteiger partial charge in [0.15, 0.2) is 5.82 Å². The van der Waals surface area contributed by atoms with E-state index in [2.05, 4.69) is 26.0 Å². The molecule has 0 radical (unpaired) electrons. The van der Waals surface area contributed by atoms with E-state index in [9.17, 15) is 4.79 Å². The number of carbonyl (C=O) groups excluding carboxylic acids is 1. The first kappa shape index (κ1) is 16.4. The number of aliphatic imine (C=N–C) groups is 1. The van der Waals surface area contributed by atoms with Crippen LogP contribution in [0.1, 0.15) is 29.3 Å². The van der Waals surface area contributed by atoms with Crippen molar-refractivity contribution in [3.63, 3.8) is 0 Å². The summed E-state index contributed by atoms with van der Waals surface area (Å²) in [5.41, 5.74) is 9.47. The van der Waals surface area contributed by atoms with Crippen LogP contribution < -0.4 is 5.73 Å². The highest BCUT2D eigenvalue weighted by atomic mass is 79.9. The Labute approximate surface area is 148 Å². The Morgan fingerprint density at radius 3 is 3.00 bits per heavy atom. The molecule has 0 unspecified atom stereocenters. The van der Waals surface area contributed by atoms with E-state index >= 15 is 0 Å². The van der Waals surface area contributed by atoms with Crippen LogP contribution in [0.25, 0.3) is 0 Å². The van der Waals surface area contributed by atoms with Gasteiger partial charge in [0.25, 0.3) is 0 Å². The van der Waals surface area contributed by atoms with Crippen molar-refractivity contribution in [3.8, 4) is 0 Å². The maximum absolute atomic E-state index is 11.8. The Morgan fingerprint density at radius 2 is 2.25 bits per heavy atom. The fourth-order valence-electron chi connectivity index (χ4n) is 2.63. The predicted molar refractivity (Wildman–Crippen MR) is 96.5 cm³/mol. The monoisotopic (exact) mass is 388 g/mol. The number of ether oxygens (including phenoxy) is 1. The number of halogens is 1. The first-order valence-corrected chi connectivity index (χ1v) is 8.24. The Bertz CT molecular complexity index is 824. The zero-order chi connectivity index (χ0) is 17.3. The number of hydrogen-bond donors (Lipinski definition) is 1. The highest BCUT2D eigenvalue weighted by molar-refractivity contribution is 9.10. The lowest BCUT2D eigenvalue weighted by Crippen LogP contribution is -2.31. The Balaban J connectivity index is 1.95. The van der Waals surface area contributed by atoms with E-state index in [1.807, 2.05) is 25.1 Å². The second-order valence-electron chi connectivity index (χ2n) is 5.45. The third kappa shape index (κ3) is 2.99. The third-order valence-corrected chi connectivity index (χ3v) is 4.58. The van der Waals surface area contributed by atoms with Gasteiger partial charge in [-0.3, -0.25) is 0 Å². The first-order valence-electron chi connectivity index (χ1n) is 7.45. The van der Waals surface area contributed by atoms with Gasteiger partial charge in [-0.2, -0.15) is 10.1 Å². The summed E-state index contributed by atoms with van der Waals surface area (Å²) >= 11 is 3.37. The zero-order valence-corrected chi connectivity index (χ0v) is 15.0. The molecule has 124 valence electrons. The fourth-order valence-corrected chi connectivity index (χ4v) is 3.04. The Kier molecular flexibility index (Phi) is 4.53. The molecule has 0 aromatic heterocycles. The molecule has 0 amide bonds. The number of fused-ring (bicyclic) bond motifs is 1. The standard InChI is InChI=1S/C17H17BrN4O2/c1-10-12(16(19)22-15(21-10)4-3-7-20-22)8-11-5-6-14(18)13(9-11)17(23)24-2/h4-7,9H,3,8,19H2,1-2H3. The smallest absolute Gasteiger partial charge is 0.339 e. The van der Waals surface area contributed by atoms with E-state index in [4.69, 9.17) is 10.5 Å². The van der Waals surface area contributed by atoms with Crippen LogP contribution >= 0.6 is 15.9 Å². The van der Waals surface area contributed by atoms with Gasteiger partial charge in [-0.25, -0.2) is 9.79 Å². The number of carbonyl (C=O) groups is 1. The van der Waals surface area contributed by atoms with Gasteiger partial charge >= 0.3 is 5.97 Å². The minimum atomic E-state index is -0.384. The van der Waals surface area contributed by atoms with Gasteiger partial charge in [0.05, 0.1) is 12.7 Å². The Hall–Kier alpha value is -2.41. The molecule has 24 heavy (non-hydrogen) atoms. The second-order valence-corrected chi connectivity index (χ2v) is 6.31. The number of rotatable bonds is 3. The van der Waals surface area contributed by atoms with Gasteiger partial charge in [-0.05, 0) is 46.6 Å². The molecule has 2 heterocycles. The number of methoxy groups -OCH3 is 1. The minimum absolute atomic E-state index is 0.384. The van der Waals surface area contributed by atoms with Crippen LogP contribution in [0.15, 0.2) is 56.1 Å². The molecule has 0 saturated heterocycles. The van der Waals surface area contributed by atoms with Crippen LogP contribution in [-0.2, 0) is 11.2 Å². The van der Waals surface area contributed by atoms with Gasteiger partial charge in [0.2, 0.25) is 0 Å². The molecule has 0 fully saturated rings. The van der Waals surface area contributed by atoms with E-state index in [0.29, 0.717) is 22.3 Å². The van der Waals surface area contributed by atoms with Crippen molar-refractivity contribution in [2.75, 3.05) is 7.11 Å². The number of esters is 1. The van der Waals surface area contributed by atoms with Crippen LogP contribution in [0.2, 0.25) is 0 Å². The quantitative estimate of drug-likeness (QED) is 0.807. The molecule has 1 aromatic carbocycles. The lowest BCUT2D eigenvalue weighted by atomic mass is 9.99. The number of hydrogen-bond acceptors (Lipinski definition) is 6. The molecular formula is C17H17BrN4O2. The van der Waals surface area contributed by atoms with Gasteiger partial charge in [0.1, 0.15) is 5.82 Å². The number of hydrazone groups is 1. The van der Waals surface area contributed by atoms with Gasteiger partial charge < -0.3 is 10.5 Å². The summed E-state index contributed by atoms with van der Waals surface area (Å²) in [6.45, 7) is 1.93. The van der Waals surface area contributed by atoms with Crippen molar-refractivity contribution in [1.82, 2.24) is 5.01 Å². The Morgan fingerprint density at radius 1 is 1.46 bits per heavy atom. The third-order valence-electron chi connectivity index (χ3n) is 3.89. The number of nitrogens with two attached hydrogens (primary N) is 1. The van der Waals surface area contributed by atoms with Crippen LogP contribution in [0, 0.1) is 0 Å². The molecule has 0 atom stereocenters. The highest BCUT2D eigenvalue weighted by Crippen LogP contribution is 2.27. The maximum atomic E-state index is 11.8. The summed E-state index contributed by atoms with van der Waals surface area (Å²) in [5, 5.41) is 5.95. The molecule has 2 aliphatic heterocycles. The average Bonchev–Trinajstić information content (AvgIpc) is 2.59. The first-order chi connectivity index (χ1) is 11.5. The van der Waals surface area contributed by atoms with E-state index in [1.165, 1.54) is 7.11 Å². The van der Waals surface area contributed by atoms with Crippen molar-refractivity contribution in [1.29, 1.82) is 0 Å². The molecule has 2 aliphatic rings. The number of nitrogens with zero attached hydrogens (tertiary/aromatic N) is 3. The number of benzene rings is 1. The zero-order valence-electron chi connectivity index (χ0n) is 13.4. The SMILES string of the molecule is COC(=O)c1cc(CC2=C(N)N3N=CCC=C3N=C2C)ccc1Br. The van der Waals surface area contributed by atoms with Crippen molar-refractivity contribution in [3.05, 3.63) is 57.1 Å². The summed E-state index contributed by atoms with van der Waals surface area (Å²) in [6, 6.07) is 5.57. The van der Waals surface area contributed by atoms with Gasteiger partial charge in [0, 0.05) is 34.8 Å². The van der Waals surface area contributed by atoms with E-state index in [0.717, 1.165) is 29.1 Å². The predicted octanol–water partition coefficient (Wildman–Crippen LogP) is 2.96. The molecule has 0 bridgehead atoms. The van der Waals surface area contributed by atoms with Gasteiger partial charge in [-0.15, -0.1) is 0 Å². The van der Waals surface area contributed by atoms with E-state index in [-0.39, 0.29) is 5.97 Å². The lowest BCUT2D eigenvalue weighted by molar-refractivity contribution is 0.0599. The molecule has 6 nitrogen and oxygen atoms in total. The van der Waals surface area contributed by atoms with Crippen LogP contribution in [0.3, 0.4) is 0 Å². The molecule has 2 N–H and O–H groups in total. The van der Waals surface area contributed by atoms with E-state index in [1.54, 1.807) is 17.3 Å². The van der Waals surface area contributed by atoms with Crippen LogP contribution in [0.4, 0.5) is 0 Å². The summed E-state index contributed by atoms with van der Waals surface area (Å²) < 4.78 is 5.51. The van der Waals surface area contributed by atoms with Crippen molar-refractivity contribution >= 4 is 33.8 Å². The van der Waals surface area contributed by atoms with Crippen molar-refractivity contribution in [2.45, 2.75) is 19.8 Å². The average molecular weight is 389 g/mol. The molecule has 1 aromatic rings. The minimum Gasteiger partial charge on any atom is -0.465 e. The molecule has 3 rings (SSSR count). The summed E-state index contributed by atoms with van der Waals surface area (Å²) in [6.07, 6.45) is 5.08. The maximum Gasteiger partial charge on any atom is 0.339 e. The second kappa shape index (κ2) is 6.60. The topological polar surface area (TPSA) is 80.3 Å². The summed E-state index contributed by atoms with van der Waals surface area (Å²) in [5.74, 6) is 0.931. The van der Waals surface area contributed by atoms with Crippen LogP contribution in [-0.4, -0.2) is 30.0 Å². The van der Waals surface area contributed by atoms with E-state index < -0.39 is 0 Å². The molecule has 0 spiro atoms. The summed E-state index contributed by atoms with van der Waals surface area (Å²) in [7, 11) is 1.36. The number of allylic oxidation sites excluding steroid dienone is 2. The van der Waals surface area contributed by atoms with Crippen LogP contribution in [0.5, 0.6) is 0 Å².